The van der Waals surface area contributed by atoms with Crippen LogP contribution in [-0.2, 0) is 4.79 Å². The van der Waals surface area contributed by atoms with Crippen LogP contribution in [0.15, 0.2) is 24.3 Å². The molecule has 1 unspecified atom stereocenters. The quantitative estimate of drug-likeness (QED) is 0.832. The van der Waals surface area contributed by atoms with Gasteiger partial charge >= 0.3 is 0 Å². The van der Waals surface area contributed by atoms with Crippen molar-refractivity contribution in [3.63, 3.8) is 0 Å². The van der Waals surface area contributed by atoms with Gasteiger partial charge in [-0.25, -0.2) is 0 Å². The van der Waals surface area contributed by atoms with Crippen LogP contribution in [0.4, 0.5) is 0 Å². The van der Waals surface area contributed by atoms with Crippen molar-refractivity contribution in [3.8, 4) is 0 Å². The van der Waals surface area contributed by atoms with Crippen LogP contribution in [-0.4, -0.2) is 46.8 Å². The molecule has 0 saturated carbocycles. The van der Waals surface area contributed by atoms with Gasteiger partial charge in [-0.2, -0.15) is 0 Å². The molecule has 2 heterocycles. The predicted molar refractivity (Wildman–Crippen MR) is 90.6 cm³/mol. The lowest BCUT2D eigenvalue weighted by molar-refractivity contribution is -0.144. The molecule has 0 aliphatic carbocycles. The van der Waals surface area contributed by atoms with Crippen molar-refractivity contribution in [2.45, 2.75) is 44.6 Å². The van der Waals surface area contributed by atoms with Crippen molar-refractivity contribution in [1.29, 1.82) is 0 Å². The van der Waals surface area contributed by atoms with Gasteiger partial charge in [-0.1, -0.05) is 17.7 Å². The number of benzene rings is 1. The van der Waals surface area contributed by atoms with Gasteiger partial charge in [-0.15, -0.1) is 0 Å². The lowest BCUT2D eigenvalue weighted by Gasteiger charge is -2.52. The minimum absolute atomic E-state index is 0.0145. The van der Waals surface area contributed by atoms with Crippen molar-refractivity contribution in [3.05, 3.63) is 34.9 Å². The molecule has 2 fully saturated rings. The lowest BCUT2D eigenvalue weighted by atomic mass is 9.79. The Kier molecular flexibility index (Phi) is 4.62. The molecule has 124 valence electrons. The van der Waals surface area contributed by atoms with Crippen molar-refractivity contribution < 1.29 is 9.59 Å². The van der Waals surface area contributed by atoms with Crippen molar-refractivity contribution in [1.82, 2.24) is 9.80 Å². The van der Waals surface area contributed by atoms with E-state index in [4.69, 9.17) is 11.6 Å². The Morgan fingerprint density at radius 2 is 2.09 bits per heavy atom. The summed E-state index contributed by atoms with van der Waals surface area (Å²) in [6.07, 6.45) is 4.49. The Morgan fingerprint density at radius 3 is 2.83 bits per heavy atom. The number of hydrogen-bond donors (Lipinski definition) is 0. The first-order chi connectivity index (χ1) is 11.1. The smallest absolute Gasteiger partial charge is 0.253 e. The summed E-state index contributed by atoms with van der Waals surface area (Å²) in [5.41, 5.74) is 0.455. The van der Waals surface area contributed by atoms with Gasteiger partial charge in [-0.3, -0.25) is 9.59 Å². The van der Waals surface area contributed by atoms with E-state index in [-0.39, 0.29) is 17.4 Å². The number of hydrogen-bond acceptors (Lipinski definition) is 2. The lowest BCUT2D eigenvalue weighted by Crippen LogP contribution is -2.63. The number of piperidine rings is 2. The standard InChI is InChI=1S/C18H23ClN2O2/c1-2-21-16(22)8-4-9-18(21)10-5-11-20(13-18)17(23)14-6-3-7-15(19)12-14/h3,6-7,12H,2,4-5,8-11,13H2,1H3. The topological polar surface area (TPSA) is 40.6 Å². The summed E-state index contributed by atoms with van der Waals surface area (Å²) in [6.45, 7) is 4.14. The van der Waals surface area contributed by atoms with Gasteiger partial charge in [0.2, 0.25) is 5.91 Å². The Bertz CT molecular complexity index is 615. The van der Waals surface area contributed by atoms with Gasteiger partial charge in [0.25, 0.3) is 5.91 Å². The van der Waals surface area contributed by atoms with E-state index in [1.54, 1.807) is 24.3 Å². The molecule has 2 aliphatic rings. The fourth-order valence-corrected chi connectivity index (χ4v) is 4.32. The molecule has 1 spiro atoms. The maximum Gasteiger partial charge on any atom is 0.253 e. The average Bonchev–Trinajstić information content (AvgIpc) is 2.54. The first kappa shape index (κ1) is 16.3. The Morgan fingerprint density at radius 1 is 1.30 bits per heavy atom. The molecule has 1 atom stereocenters. The van der Waals surface area contributed by atoms with Crippen molar-refractivity contribution >= 4 is 23.4 Å². The normalized spacial score (nSPS) is 25.0. The summed E-state index contributed by atoms with van der Waals surface area (Å²) >= 11 is 6.01. The second kappa shape index (κ2) is 6.52. The molecule has 23 heavy (non-hydrogen) atoms. The summed E-state index contributed by atoms with van der Waals surface area (Å²) in [6, 6.07) is 7.10. The van der Waals surface area contributed by atoms with Crippen LogP contribution in [0.2, 0.25) is 5.02 Å². The maximum absolute atomic E-state index is 12.8. The van der Waals surface area contributed by atoms with Crippen LogP contribution in [0.5, 0.6) is 0 Å². The highest BCUT2D eigenvalue weighted by Crippen LogP contribution is 2.37. The van der Waals surface area contributed by atoms with Crippen LogP contribution in [0.25, 0.3) is 0 Å². The van der Waals surface area contributed by atoms with Gasteiger partial charge in [0, 0.05) is 36.6 Å². The van der Waals surface area contributed by atoms with E-state index in [0.29, 0.717) is 23.6 Å². The summed E-state index contributed by atoms with van der Waals surface area (Å²) in [5, 5.41) is 0.575. The van der Waals surface area contributed by atoms with Gasteiger partial charge in [-0.05, 0) is 50.8 Å². The molecule has 0 bridgehead atoms. The molecular formula is C18H23ClN2O2. The summed E-state index contributed by atoms with van der Waals surface area (Å²) in [4.78, 5) is 29.0. The first-order valence-corrected chi connectivity index (χ1v) is 8.79. The van der Waals surface area contributed by atoms with E-state index in [9.17, 15) is 9.59 Å². The number of likely N-dealkylation sites (N-methyl/N-ethyl adjacent to an activating group) is 1. The van der Waals surface area contributed by atoms with E-state index >= 15 is 0 Å². The van der Waals surface area contributed by atoms with Crippen molar-refractivity contribution in [2.24, 2.45) is 0 Å². The van der Waals surface area contributed by atoms with Crippen LogP contribution in [0.1, 0.15) is 49.4 Å². The third-order valence-electron chi connectivity index (χ3n) is 5.14. The van der Waals surface area contributed by atoms with Crippen LogP contribution >= 0.6 is 11.6 Å². The van der Waals surface area contributed by atoms with Gasteiger partial charge < -0.3 is 9.80 Å². The van der Waals surface area contributed by atoms with Crippen LogP contribution < -0.4 is 0 Å². The minimum Gasteiger partial charge on any atom is -0.336 e. The average molecular weight is 335 g/mol. The van der Waals surface area contributed by atoms with E-state index in [0.717, 1.165) is 38.8 Å². The Labute approximate surface area is 142 Å². The summed E-state index contributed by atoms with van der Waals surface area (Å²) < 4.78 is 0. The zero-order chi connectivity index (χ0) is 16.4. The molecule has 1 aromatic carbocycles. The number of rotatable bonds is 2. The fraction of sp³-hybridized carbons (Fsp3) is 0.556. The van der Waals surface area contributed by atoms with Crippen LogP contribution in [0, 0.1) is 0 Å². The molecule has 3 rings (SSSR count). The SMILES string of the molecule is CCN1C(=O)CCCC12CCCN(C(=O)c1cccc(Cl)c1)C2. The molecule has 2 aliphatic heterocycles. The van der Waals surface area contributed by atoms with E-state index < -0.39 is 0 Å². The maximum atomic E-state index is 12.8. The molecule has 0 aromatic heterocycles. The van der Waals surface area contributed by atoms with E-state index in [1.165, 1.54) is 0 Å². The molecular weight excluding hydrogens is 312 g/mol. The summed E-state index contributed by atoms with van der Waals surface area (Å²) in [5.74, 6) is 0.247. The zero-order valence-corrected chi connectivity index (χ0v) is 14.3. The number of nitrogens with zero attached hydrogens (tertiary/aromatic N) is 2. The second-order valence-corrected chi connectivity index (χ2v) is 6.99. The molecule has 0 radical (unpaired) electrons. The number of carbonyl (C=O) groups excluding carboxylic acids is 2. The predicted octanol–water partition coefficient (Wildman–Crippen LogP) is 3.35. The van der Waals surface area contributed by atoms with E-state index in [1.807, 2.05) is 16.7 Å². The van der Waals surface area contributed by atoms with Gasteiger partial charge in [0.15, 0.2) is 0 Å². The second-order valence-electron chi connectivity index (χ2n) is 6.56. The molecule has 5 heteroatoms. The first-order valence-electron chi connectivity index (χ1n) is 8.41. The number of halogens is 1. The largest absolute Gasteiger partial charge is 0.336 e. The molecule has 2 saturated heterocycles. The van der Waals surface area contributed by atoms with E-state index in [2.05, 4.69) is 0 Å². The molecule has 2 amide bonds. The third kappa shape index (κ3) is 3.09. The zero-order valence-electron chi connectivity index (χ0n) is 13.6. The summed E-state index contributed by atoms with van der Waals surface area (Å²) in [7, 11) is 0. The minimum atomic E-state index is -0.170. The third-order valence-corrected chi connectivity index (χ3v) is 5.37. The monoisotopic (exact) mass is 334 g/mol. The molecule has 0 N–H and O–H groups in total. The Hall–Kier alpha value is -1.55. The fourth-order valence-electron chi connectivity index (χ4n) is 4.13. The number of amides is 2. The number of carbonyl (C=O) groups is 2. The van der Waals surface area contributed by atoms with Crippen molar-refractivity contribution in [2.75, 3.05) is 19.6 Å². The van der Waals surface area contributed by atoms with Gasteiger partial charge in [0.1, 0.15) is 0 Å². The van der Waals surface area contributed by atoms with Crippen LogP contribution in [0.3, 0.4) is 0 Å². The number of likely N-dealkylation sites (tertiary alicyclic amines) is 2. The highest BCUT2D eigenvalue weighted by molar-refractivity contribution is 6.30. The molecule has 4 nitrogen and oxygen atoms in total. The Balaban J connectivity index is 1.82. The highest BCUT2D eigenvalue weighted by Gasteiger charge is 2.45. The molecule has 1 aromatic rings. The highest BCUT2D eigenvalue weighted by atomic mass is 35.5. The van der Waals surface area contributed by atoms with Gasteiger partial charge in [0.05, 0.1) is 5.54 Å².